The lowest BCUT2D eigenvalue weighted by Crippen LogP contribution is -2.14. The van der Waals surface area contributed by atoms with E-state index in [4.69, 9.17) is 0 Å². The molecule has 4 aromatic rings. The molecule has 0 atom stereocenters. The molecule has 0 aliphatic heterocycles. The number of pyridine rings is 1. The summed E-state index contributed by atoms with van der Waals surface area (Å²) in [6, 6.07) is 7.74. The summed E-state index contributed by atoms with van der Waals surface area (Å²) >= 11 is 0. The van der Waals surface area contributed by atoms with E-state index in [1.54, 1.807) is 41.3 Å². The summed E-state index contributed by atoms with van der Waals surface area (Å²) in [7, 11) is 0. The highest BCUT2D eigenvalue weighted by Gasteiger charge is 2.14. The van der Waals surface area contributed by atoms with Crippen molar-refractivity contribution in [3.63, 3.8) is 0 Å². The Morgan fingerprint density at radius 1 is 1.12 bits per heavy atom. The standard InChI is InChI=1S/C18H11F2N5O.H2/c19-11-2-3-13(15(20)8-11)18(26)24-12-4-6-21-16(9-12)14-10-23-25-7-1-5-22-17(14)25;/h1-10H,(H,21,24,26);1H. The van der Waals surface area contributed by atoms with Gasteiger partial charge in [-0.1, -0.05) is 0 Å². The third-order valence-electron chi connectivity index (χ3n) is 3.75. The number of halogens is 2. The van der Waals surface area contributed by atoms with Crippen LogP contribution in [-0.2, 0) is 0 Å². The zero-order valence-electron chi connectivity index (χ0n) is 13.2. The summed E-state index contributed by atoms with van der Waals surface area (Å²) in [6.45, 7) is 0. The SMILES string of the molecule is O=C(Nc1ccnc(-c2cnn3cccnc23)c1)c1ccc(F)cc1F.[HH]. The van der Waals surface area contributed by atoms with E-state index in [-0.39, 0.29) is 6.99 Å². The van der Waals surface area contributed by atoms with Gasteiger partial charge in [0, 0.05) is 31.8 Å². The van der Waals surface area contributed by atoms with Gasteiger partial charge in [0.2, 0.25) is 0 Å². The van der Waals surface area contributed by atoms with E-state index in [1.807, 2.05) is 0 Å². The van der Waals surface area contributed by atoms with Gasteiger partial charge in [0.05, 0.1) is 23.0 Å². The summed E-state index contributed by atoms with van der Waals surface area (Å²) in [4.78, 5) is 20.8. The van der Waals surface area contributed by atoms with E-state index in [2.05, 4.69) is 20.4 Å². The molecule has 0 saturated heterocycles. The Kier molecular flexibility index (Phi) is 3.85. The minimum Gasteiger partial charge on any atom is -0.322 e. The molecule has 6 nitrogen and oxygen atoms in total. The normalized spacial score (nSPS) is 10.8. The number of anilines is 1. The van der Waals surface area contributed by atoms with Crippen molar-refractivity contribution in [1.82, 2.24) is 19.6 Å². The number of amides is 1. The fraction of sp³-hybridized carbons (Fsp3) is 0. The van der Waals surface area contributed by atoms with Gasteiger partial charge in [-0.05, 0) is 30.3 Å². The summed E-state index contributed by atoms with van der Waals surface area (Å²) < 4.78 is 28.3. The molecule has 1 amide bonds. The zero-order chi connectivity index (χ0) is 18.1. The van der Waals surface area contributed by atoms with Crippen molar-refractivity contribution in [1.29, 1.82) is 0 Å². The zero-order valence-corrected chi connectivity index (χ0v) is 13.2. The van der Waals surface area contributed by atoms with Gasteiger partial charge in [-0.3, -0.25) is 9.78 Å². The number of carbonyl (C=O) groups is 1. The van der Waals surface area contributed by atoms with Crippen LogP contribution in [-0.4, -0.2) is 25.5 Å². The van der Waals surface area contributed by atoms with Crippen LogP contribution in [0, 0.1) is 11.6 Å². The third-order valence-corrected chi connectivity index (χ3v) is 3.75. The number of hydrogen-bond donors (Lipinski definition) is 1. The average molecular weight is 353 g/mol. The van der Waals surface area contributed by atoms with Gasteiger partial charge in [-0.2, -0.15) is 5.10 Å². The second-order valence-electron chi connectivity index (χ2n) is 5.45. The molecule has 0 fully saturated rings. The number of nitrogens with zero attached hydrogens (tertiary/aromatic N) is 4. The van der Waals surface area contributed by atoms with Crippen LogP contribution >= 0.6 is 0 Å². The first-order chi connectivity index (χ1) is 12.6. The monoisotopic (exact) mass is 353 g/mol. The Morgan fingerprint density at radius 2 is 2.00 bits per heavy atom. The molecule has 0 saturated carbocycles. The van der Waals surface area contributed by atoms with Gasteiger partial charge in [-0.25, -0.2) is 18.3 Å². The highest BCUT2D eigenvalue weighted by atomic mass is 19.1. The average Bonchev–Trinajstić information content (AvgIpc) is 3.06. The molecule has 130 valence electrons. The van der Waals surface area contributed by atoms with Crippen molar-refractivity contribution in [2.75, 3.05) is 5.32 Å². The maximum absolute atomic E-state index is 13.7. The van der Waals surface area contributed by atoms with E-state index in [9.17, 15) is 13.6 Å². The van der Waals surface area contributed by atoms with Gasteiger partial charge >= 0.3 is 0 Å². The fourth-order valence-corrected chi connectivity index (χ4v) is 2.54. The number of benzene rings is 1. The molecule has 8 heteroatoms. The van der Waals surface area contributed by atoms with Crippen LogP contribution in [0.4, 0.5) is 14.5 Å². The van der Waals surface area contributed by atoms with Gasteiger partial charge in [0.15, 0.2) is 5.65 Å². The largest absolute Gasteiger partial charge is 0.322 e. The lowest BCUT2D eigenvalue weighted by molar-refractivity contribution is 0.102. The molecule has 3 heterocycles. The first kappa shape index (κ1) is 15.8. The minimum atomic E-state index is -0.927. The fourth-order valence-electron chi connectivity index (χ4n) is 2.54. The number of carbonyl (C=O) groups excluding carboxylic acids is 1. The summed E-state index contributed by atoms with van der Waals surface area (Å²) in [5, 5.41) is 6.77. The topological polar surface area (TPSA) is 72.2 Å². The van der Waals surface area contributed by atoms with E-state index < -0.39 is 17.5 Å². The molecule has 0 aliphatic rings. The maximum Gasteiger partial charge on any atom is 0.258 e. The van der Waals surface area contributed by atoms with Crippen LogP contribution in [0.3, 0.4) is 0 Å². The van der Waals surface area contributed by atoms with Gasteiger partial charge in [0.25, 0.3) is 5.91 Å². The van der Waals surface area contributed by atoms with Crippen LogP contribution in [0.15, 0.2) is 61.2 Å². The highest BCUT2D eigenvalue weighted by molar-refractivity contribution is 6.04. The van der Waals surface area contributed by atoms with Gasteiger partial charge < -0.3 is 5.32 Å². The second-order valence-corrected chi connectivity index (χ2v) is 5.45. The highest BCUT2D eigenvalue weighted by Crippen LogP contribution is 2.23. The molecule has 1 aromatic carbocycles. The minimum absolute atomic E-state index is 0. The van der Waals surface area contributed by atoms with Crippen molar-refractivity contribution >= 4 is 17.2 Å². The number of fused-ring (bicyclic) bond motifs is 1. The predicted octanol–water partition coefficient (Wildman–Crippen LogP) is 3.57. The molecule has 1 N–H and O–H groups in total. The quantitative estimate of drug-likeness (QED) is 0.611. The molecule has 0 radical (unpaired) electrons. The van der Waals surface area contributed by atoms with Crippen LogP contribution < -0.4 is 5.32 Å². The molecule has 3 aromatic heterocycles. The van der Waals surface area contributed by atoms with Crippen molar-refractivity contribution in [3.05, 3.63) is 78.4 Å². The number of rotatable bonds is 3. The molecule has 0 spiro atoms. The molecule has 0 bridgehead atoms. The van der Waals surface area contributed by atoms with E-state index in [0.717, 1.165) is 12.1 Å². The van der Waals surface area contributed by atoms with Crippen molar-refractivity contribution in [2.24, 2.45) is 0 Å². The summed E-state index contributed by atoms with van der Waals surface area (Å²) in [5.74, 6) is -2.35. The Hall–Kier alpha value is -3.68. The second kappa shape index (κ2) is 6.32. The van der Waals surface area contributed by atoms with Gasteiger partial charge in [-0.15, -0.1) is 0 Å². The smallest absolute Gasteiger partial charge is 0.258 e. The first-order valence-corrected chi connectivity index (χ1v) is 7.63. The van der Waals surface area contributed by atoms with Crippen LogP contribution in [0.5, 0.6) is 0 Å². The van der Waals surface area contributed by atoms with E-state index >= 15 is 0 Å². The Bertz CT molecular complexity index is 1130. The van der Waals surface area contributed by atoms with E-state index in [0.29, 0.717) is 28.7 Å². The number of hydrogen-bond acceptors (Lipinski definition) is 4. The van der Waals surface area contributed by atoms with Gasteiger partial charge in [0.1, 0.15) is 11.6 Å². The predicted molar refractivity (Wildman–Crippen MR) is 92.6 cm³/mol. The summed E-state index contributed by atoms with van der Waals surface area (Å²) in [6.07, 6.45) is 6.53. The summed E-state index contributed by atoms with van der Waals surface area (Å²) in [5.41, 5.74) is 2.03. The van der Waals surface area contributed by atoms with Crippen molar-refractivity contribution < 1.29 is 15.0 Å². The molecular weight excluding hydrogens is 340 g/mol. The number of aromatic nitrogens is 4. The van der Waals surface area contributed by atoms with Crippen LogP contribution in [0.1, 0.15) is 11.8 Å². The van der Waals surface area contributed by atoms with Crippen molar-refractivity contribution in [3.8, 4) is 11.3 Å². The number of nitrogens with one attached hydrogen (secondary N) is 1. The molecule has 4 rings (SSSR count). The van der Waals surface area contributed by atoms with Crippen molar-refractivity contribution in [2.45, 2.75) is 0 Å². The lowest BCUT2D eigenvalue weighted by atomic mass is 10.1. The molecular formula is C18H13F2N5O. The first-order valence-electron chi connectivity index (χ1n) is 7.63. The van der Waals surface area contributed by atoms with Crippen LogP contribution in [0.25, 0.3) is 16.9 Å². The Morgan fingerprint density at radius 3 is 2.85 bits per heavy atom. The van der Waals surface area contributed by atoms with E-state index in [1.165, 1.54) is 6.20 Å². The third kappa shape index (κ3) is 2.88. The lowest BCUT2D eigenvalue weighted by Gasteiger charge is -2.07. The molecule has 26 heavy (non-hydrogen) atoms. The van der Waals surface area contributed by atoms with Crippen LogP contribution in [0.2, 0.25) is 0 Å². The Labute approximate surface area is 147 Å². The Balaban J connectivity index is 0.00000210. The molecule has 0 unspecified atom stereocenters. The maximum atomic E-state index is 13.7. The molecule has 0 aliphatic carbocycles.